The molecule has 0 aromatic carbocycles. The van der Waals surface area contributed by atoms with Gasteiger partial charge >= 0.3 is 0 Å². The van der Waals surface area contributed by atoms with Crippen molar-refractivity contribution in [2.75, 3.05) is 0 Å². The number of rotatable bonds is 3. The fourth-order valence-electron chi connectivity index (χ4n) is 2.69. The summed E-state index contributed by atoms with van der Waals surface area (Å²) < 4.78 is 5.99. The van der Waals surface area contributed by atoms with E-state index in [1.54, 1.807) is 0 Å². The Labute approximate surface area is 99.7 Å². The molecule has 0 spiro atoms. The van der Waals surface area contributed by atoms with E-state index in [0.29, 0.717) is 0 Å². The largest absolute Gasteiger partial charge is 0.784 e. The summed E-state index contributed by atoms with van der Waals surface area (Å²) >= 11 is 0. The van der Waals surface area contributed by atoms with Crippen molar-refractivity contribution in [3.8, 4) is 0 Å². The average molecular weight is 228 g/mol. The molecule has 1 aliphatic rings. The Bertz CT molecular complexity index is 220. The van der Waals surface area contributed by atoms with Gasteiger partial charge in [-0.3, -0.25) is 0 Å². The number of hydroxylamine groups is 2. The molecule has 0 aromatic rings. The zero-order valence-electron chi connectivity index (χ0n) is 11.5. The molecule has 1 heterocycles. The Balaban J connectivity index is 2.71. The van der Waals surface area contributed by atoms with Crippen LogP contribution < -0.4 is 0 Å². The van der Waals surface area contributed by atoms with Crippen LogP contribution in [0.15, 0.2) is 0 Å². The van der Waals surface area contributed by atoms with E-state index >= 15 is 0 Å². The lowest BCUT2D eigenvalue weighted by Gasteiger charge is -2.59. The molecule has 0 N–H and O–H groups in total. The van der Waals surface area contributed by atoms with E-state index in [9.17, 15) is 5.21 Å². The summed E-state index contributed by atoms with van der Waals surface area (Å²) in [4.78, 5) is 0. The third kappa shape index (κ3) is 2.96. The first kappa shape index (κ1) is 13.9. The molecule has 16 heavy (non-hydrogen) atoms. The maximum absolute atomic E-state index is 12.1. The van der Waals surface area contributed by atoms with Crippen LogP contribution in [-0.4, -0.2) is 28.3 Å². The van der Waals surface area contributed by atoms with Crippen molar-refractivity contribution >= 4 is 0 Å². The van der Waals surface area contributed by atoms with Gasteiger partial charge in [-0.2, -0.15) is 0 Å². The van der Waals surface area contributed by atoms with Crippen molar-refractivity contribution in [3.05, 3.63) is 5.21 Å². The van der Waals surface area contributed by atoms with Crippen LogP contribution in [0.25, 0.3) is 0 Å². The average Bonchev–Trinajstić information content (AvgIpc) is 2.13. The third-order valence-corrected chi connectivity index (χ3v) is 3.55. The number of ether oxygens (including phenoxy) is 1. The van der Waals surface area contributed by atoms with Crippen molar-refractivity contribution in [3.63, 3.8) is 0 Å². The van der Waals surface area contributed by atoms with E-state index in [1.165, 1.54) is 5.06 Å². The summed E-state index contributed by atoms with van der Waals surface area (Å²) in [5, 5.41) is 13.4. The zero-order valence-corrected chi connectivity index (χ0v) is 11.5. The van der Waals surface area contributed by atoms with Gasteiger partial charge in [-0.25, -0.2) is 0 Å². The predicted molar refractivity (Wildman–Crippen MR) is 67.2 cm³/mol. The highest BCUT2D eigenvalue weighted by Gasteiger charge is 2.40. The van der Waals surface area contributed by atoms with Gasteiger partial charge in [0.05, 0.1) is 12.2 Å². The van der Waals surface area contributed by atoms with Crippen LogP contribution in [0, 0.1) is 5.21 Å². The molecule has 0 bridgehead atoms. The lowest BCUT2D eigenvalue weighted by atomic mass is 9.80. The fourth-order valence-corrected chi connectivity index (χ4v) is 2.69. The first-order valence-corrected chi connectivity index (χ1v) is 6.32. The SMILES string of the molecule is CCC(C)OC1CC(C)(C)N([O-])C(C)(C)C1. The van der Waals surface area contributed by atoms with Crippen molar-refractivity contribution in [1.29, 1.82) is 0 Å². The number of hydrogen-bond acceptors (Lipinski definition) is 3. The van der Waals surface area contributed by atoms with Crippen LogP contribution in [0.3, 0.4) is 0 Å². The zero-order chi connectivity index (χ0) is 12.6. The highest BCUT2D eigenvalue weighted by Crippen LogP contribution is 2.38. The number of hydrogen-bond donors (Lipinski definition) is 0. The van der Waals surface area contributed by atoms with E-state index in [4.69, 9.17) is 4.74 Å². The molecule has 1 saturated heterocycles. The molecule has 1 rings (SSSR count). The lowest BCUT2D eigenvalue weighted by Crippen LogP contribution is -2.59. The van der Waals surface area contributed by atoms with Crippen molar-refractivity contribution in [2.24, 2.45) is 0 Å². The first-order valence-electron chi connectivity index (χ1n) is 6.32. The van der Waals surface area contributed by atoms with E-state index in [0.717, 1.165) is 19.3 Å². The van der Waals surface area contributed by atoms with Gasteiger partial charge in [0.1, 0.15) is 0 Å². The maximum Gasteiger partial charge on any atom is 0.0613 e. The highest BCUT2D eigenvalue weighted by molar-refractivity contribution is 5.01. The molecular formula is C13H26NO2-. The molecule has 96 valence electrons. The lowest BCUT2D eigenvalue weighted by molar-refractivity contribution is -0.102. The van der Waals surface area contributed by atoms with Gasteiger partial charge in [0.25, 0.3) is 0 Å². The van der Waals surface area contributed by atoms with Crippen LogP contribution in [0.4, 0.5) is 0 Å². The first-order chi connectivity index (χ1) is 7.19. The molecule has 1 aliphatic heterocycles. The van der Waals surface area contributed by atoms with Gasteiger partial charge in [-0.1, -0.05) is 6.92 Å². The Kier molecular flexibility index (Phi) is 4.04. The minimum absolute atomic E-state index is 0.213. The van der Waals surface area contributed by atoms with Crippen LogP contribution in [0.1, 0.15) is 60.8 Å². The summed E-state index contributed by atoms with van der Waals surface area (Å²) in [7, 11) is 0. The van der Waals surface area contributed by atoms with Crippen molar-refractivity contribution in [2.45, 2.75) is 84.1 Å². The minimum atomic E-state index is -0.320. The molecule has 3 heteroatoms. The standard InChI is InChI=1S/C13H26NO2/c1-7-10(2)16-11-8-12(3,4)14(15)13(5,6)9-11/h10-11H,7-9H2,1-6H3/q-1. The van der Waals surface area contributed by atoms with Crippen molar-refractivity contribution in [1.82, 2.24) is 5.06 Å². The second-order valence-electron chi connectivity index (χ2n) is 6.30. The summed E-state index contributed by atoms with van der Waals surface area (Å²) in [6.07, 6.45) is 3.17. The summed E-state index contributed by atoms with van der Waals surface area (Å²) in [6.45, 7) is 12.3. The Morgan fingerprint density at radius 2 is 1.69 bits per heavy atom. The molecule has 1 atom stereocenters. The Morgan fingerprint density at radius 1 is 1.25 bits per heavy atom. The minimum Gasteiger partial charge on any atom is -0.784 e. The molecule has 0 radical (unpaired) electrons. The molecule has 0 saturated carbocycles. The Morgan fingerprint density at radius 3 is 2.06 bits per heavy atom. The van der Waals surface area contributed by atoms with E-state index in [-0.39, 0.29) is 23.3 Å². The third-order valence-electron chi connectivity index (χ3n) is 3.55. The van der Waals surface area contributed by atoms with Gasteiger partial charge in [0.15, 0.2) is 0 Å². The molecule has 1 fully saturated rings. The Hall–Kier alpha value is -0.120. The molecular weight excluding hydrogens is 202 g/mol. The molecule has 0 aliphatic carbocycles. The topological polar surface area (TPSA) is 35.5 Å². The van der Waals surface area contributed by atoms with Crippen LogP contribution in [0.2, 0.25) is 0 Å². The van der Waals surface area contributed by atoms with E-state index < -0.39 is 0 Å². The van der Waals surface area contributed by atoms with Gasteiger partial charge in [-0.05, 0) is 53.9 Å². The highest BCUT2D eigenvalue weighted by atomic mass is 16.5. The second-order valence-corrected chi connectivity index (χ2v) is 6.30. The molecule has 0 aromatic heterocycles. The predicted octanol–water partition coefficient (Wildman–Crippen LogP) is 3.32. The van der Waals surface area contributed by atoms with E-state index in [1.807, 2.05) is 27.7 Å². The van der Waals surface area contributed by atoms with Crippen LogP contribution in [-0.2, 0) is 4.74 Å². The monoisotopic (exact) mass is 228 g/mol. The molecule has 0 amide bonds. The summed E-state index contributed by atoms with van der Waals surface area (Å²) in [6, 6.07) is 0. The van der Waals surface area contributed by atoms with Crippen molar-refractivity contribution < 1.29 is 4.74 Å². The number of nitrogens with zero attached hydrogens (tertiary/aromatic N) is 1. The normalized spacial score (nSPS) is 27.9. The van der Waals surface area contributed by atoms with Gasteiger partial charge in [0.2, 0.25) is 0 Å². The maximum atomic E-state index is 12.1. The van der Waals surface area contributed by atoms with Gasteiger partial charge in [-0.15, -0.1) is 0 Å². The van der Waals surface area contributed by atoms with Gasteiger partial charge in [0, 0.05) is 11.1 Å². The van der Waals surface area contributed by atoms with Gasteiger partial charge < -0.3 is 15.0 Å². The quantitative estimate of drug-likeness (QED) is 0.743. The van der Waals surface area contributed by atoms with E-state index in [2.05, 4.69) is 13.8 Å². The number of piperidine rings is 1. The second kappa shape index (κ2) is 4.63. The summed E-state index contributed by atoms with van der Waals surface area (Å²) in [5.74, 6) is 0. The summed E-state index contributed by atoms with van der Waals surface area (Å²) in [5.41, 5.74) is -0.639. The smallest absolute Gasteiger partial charge is 0.0613 e. The fraction of sp³-hybridized carbons (Fsp3) is 1.00. The van der Waals surface area contributed by atoms with Crippen LogP contribution in [0.5, 0.6) is 0 Å². The molecule has 1 unspecified atom stereocenters. The molecule has 3 nitrogen and oxygen atoms in total. The van der Waals surface area contributed by atoms with Crippen LogP contribution >= 0.6 is 0 Å².